The van der Waals surface area contributed by atoms with E-state index in [1.807, 2.05) is 20.8 Å². The lowest BCUT2D eigenvalue weighted by Gasteiger charge is -2.21. The average Bonchev–Trinajstić information content (AvgIpc) is 2.96. The van der Waals surface area contributed by atoms with Crippen molar-refractivity contribution in [1.29, 1.82) is 0 Å². The number of ether oxygens (including phenoxy) is 1. The fourth-order valence-corrected chi connectivity index (χ4v) is 3.58. The number of urea groups is 1. The Morgan fingerprint density at radius 1 is 1.14 bits per heavy atom. The molecule has 2 aliphatic carbocycles. The molecule has 0 aromatic rings. The van der Waals surface area contributed by atoms with E-state index in [2.05, 4.69) is 10.6 Å². The number of fused-ring (bicyclic) bond motifs is 2. The van der Waals surface area contributed by atoms with Crippen LogP contribution in [0.4, 0.5) is 4.79 Å². The van der Waals surface area contributed by atoms with Crippen LogP contribution in [0.1, 0.15) is 52.9 Å². The van der Waals surface area contributed by atoms with E-state index in [0.717, 1.165) is 12.3 Å². The standard InChI is InChI=1S/C16H26N2O4/c1-16(2,3)18-15(21)17-13(19)9-22-14(20)8-12-7-10-4-5-11(12)6-10/h10-12H,4-9H2,1-3H3,(H2,17,18,19,21)/t10-,11+,12-/m1/s1. The Morgan fingerprint density at radius 2 is 1.86 bits per heavy atom. The lowest BCUT2D eigenvalue weighted by Crippen LogP contribution is -2.49. The van der Waals surface area contributed by atoms with Crippen LogP contribution in [0.3, 0.4) is 0 Å². The van der Waals surface area contributed by atoms with Crippen LogP contribution in [-0.2, 0) is 14.3 Å². The monoisotopic (exact) mass is 310 g/mol. The maximum atomic E-state index is 11.8. The molecule has 2 bridgehead atoms. The van der Waals surface area contributed by atoms with Crippen molar-refractivity contribution in [3.8, 4) is 0 Å². The average molecular weight is 310 g/mol. The maximum absolute atomic E-state index is 11.8. The van der Waals surface area contributed by atoms with E-state index in [4.69, 9.17) is 4.74 Å². The predicted molar refractivity (Wildman–Crippen MR) is 80.9 cm³/mol. The zero-order valence-electron chi connectivity index (χ0n) is 13.6. The summed E-state index contributed by atoms with van der Waals surface area (Å²) in [4.78, 5) is 34.8. The largest absolute Gasteiger partial charge is 0.456 e. The van der Waals surface area contributed by atoms with Gasteiger partial charge >= 0.3 is 12.0 Å². The van der Waals surface area contributed by atoms with Crippen molar-refractivity contribution in [2.45, 2.75) is 58.4 Å². The molecule has 0 aromatic carbocycles. The van der Waals surface area contributed by atoms with Gasteiger partial charge in [-0.1, -0.05) is 6.42 Å². The first-order chi connectivity index (χ1) is 10.2. The molecule has 6 nitrogen and oxygen atoms in total. The van der Waals surface area contributed by atoms with Crippen molar-refractivity contribution in [3.05, 3.63) is 0 Å². The molecule has 2 N–H and O–H groups in total. The van der Waals surface area contributed by atoms with Crippen molar-refractivity contribution in [2.24, 2.45) is 17.8 Å². The van der Waals surface area contributed by atoms with E-state index in [9.17, 15) is 14.4 Å². The molecule has 3 amide bonds. The first-order valence-corrected chi connectivity index (χ1v) is 8.00. The van der Waals surface area contributed by atoms with Gasteiger partial charge in [0.1, 0.15) is 0 Å². The molecular formula is C16H26N2O4. The molecule has 2 saturated carbocycles. The summed E-state index contributed by atoms with van der Waals surface area (Å²) in [6, 6.07) is -0.582. The van der Waals surface area contributed by atoms with Crippen LogP contribution in [0.15, 0.2) is 0 Å². The Kier molecular flexibility index (Phi) is 5.08. The first kappa shape index (κ1) is 16.8. The molecule has 0 saturated heterocycles. The molecule has 6 heteroatoms. The van der Waals surface area contributed by atoms with Gasteiger partial charge in [-0.25, -0.2) is 4.79 Å². The number of rotatable bonds is 4. The lowest BCUT2D eigenvalue weighted by molar-refractivity contribution is -0.149. The maximum Gasteiger partial charge on any atom is 0.321 e. The van der Waals surface area contributed by atoms with Gasteiger partial charge in [0.2, 0.25) is 0 Å². The normalized spacial score (nSPS) is 26.6. The van der Waals surface area contributed by atoms with Crippen LogP contribution in [0, 0.1) is 17.8 Å². The second kappa shape index (κ2) is 6.67. The Labute approximate surface area is 131 Å². The Bertz CT molecular complexity index is 456. The summed E-state index contributed by atoms with van der Waals surface area (Å²) < 4.78 is 4.97. The molecule has 124 valence electrons. The van der Waals surface area contributed by atoms with Crippen LogP contribution < -0.4 is 10.6 Å². The second-order valence-electron chi connectivity index (χ2n) is 7.55. The summed E-state index contributed by atoms with van der Waals surface area (Å²) >= 11 is 0. The van der Waals surface area contributed by atoms with Crippen molar-refractivity contribution >= 4 is 17.9 Å². The molecule has 3 atom stereocenters. The van der Waals surface area contributed by atoms with E-state index < -0.39 is 24.1 Å². The number of nitrogens with one attached hydrogen (secondary N) is 2. The number of carbonyl (C=O) groups excluding carboxylic acids is 3. The van der Waals surface area contributed by atoms with Crippen molar-refractivity contribution in [1.82, 2.24) is 10.6 Å². The highest BCUT2D eigenvalue weighted by atomic mass is 16.5. The summed E-state index contributed by atoms with van der Waals surface area (Å²) in [5, 5.41) is 4.75. The molecule has 0 radical (unpaired) electrons. The van der Waals surface area contributed by atoms with Gasteiger partial charge in [-0.05, 0) is 57.8 Å². The van der Waals surface area contributed by atoms with E-state index in [1.54, 1.807) is 0 Å². The highest BCUT2D eigenvalue weighted by molar-refractivity contribution is 5.95. The molecule has 22 heavy (non-hydrogen) atoms. The van der Waals surface area contributed by atoms with E-state index in [1.165, 1.54) is 19.3 Å². The molecule has 0 heterocycles. The van der Waals surface area contributed by atoms with Crippen LogP contribution in [0.2, 0.25) is 0 Å². The molecule has 0 aliphatic heterocycles. The Hall–Kier alpha value is -1.59. The molecule has 2 aliphatic rings. The summed E-state index contributed by atoms with van der Waals surface area (Å²) in [7, 11) is 0. The zero-order valence-corrected chi connectivity index (χ0v) is 13.6. The fourth-order valence-electron chi connectivity index (χ4n) is 3.58. The third-order valence-electron chi connectivity index (χ3n) is 4.42. The molecule has 0 unspecified atom stereocenters. The molecule has 2 rings (SSSR count). The Morgan fingerprint density at radius 3 is 2.41 bits per heavy atom. The van der Waals surface area contributed by atoms with Gasteiger partial charge in [-0.3, -0.25) is 14.9 Å². The lowest BCUT2D eigenvalue weighted by atomic mass is 9.86. The van der Waals surface area contributed by atoms with Gasteiger partial charge in [0.15, 0.2) is 6.61 Å². The summed E-state index contributed by atoms with van der Waals surface area (Å²) in [5.41, 5.74) is -0.428. The van der Waals surface area contributed by atoms with Crippen molar-refractivity contribution in [3.63, 3.8) is 0 Å². The minimum absolute atomic E-state index is 0.344. The van der Waals surface area contributed by atoms with Gasteiger partial charge in [0, 0.05) is 12.0 Å². The molecule has 0 spiro atoms. The topological polar surface area (TPSA) is 84.5 Å². The number of carbonyl (C=O) groups is 3. The van der Waals surface area contributed by atoms with E-state index in [0.29, 0.717) is 18.3 Å². The number of amides is 3. The smallest absolute Gasteiger partial charge is 0.321 e. The van der Waals surface area contributed by atoms with Crippen molar-refractivity contribution in [2.75, 3.05) is 6.61 Å². The molecule has 0 aromatic heterocycles. The SMILES string of the molecule is CC(C)(C)NC(=O)NC(=O)COC(=O)C[C@H]1C[C@@H]2CC[C@H]1C2. The number of imide groups is 1. The van der Waals surface area contributed by atoms with Crippen LogP contribution >= 0.6 is 0 Å². The van der Waals surface area contributed by atoms with Crippen LogP contribution in [0.5, 0.6) is 0 Å². The van der Waals surface area contributed by atoms with Gasteiger partial charge in [0.25, 0.3) is 5.91 Å². The van der Waals surface area contributed by atoms with Crippen molar-refractivity contribution < 1.29 is 19.1 Å². The summed E-state index contributed by atoms with van der Waals surface area (Å²) in [5.74, 6) is 0.904. The van der Waals surface area contributed by atoms with Crippen LogP contribution in [0.25, 0.3) is 0 Å². The van der Waals surface area contributed by atoms with Gasteiger partial charge in [-0.2, -0.15) is 0 Å². The molecular weight excluding hydrogens is 284 g/mol. The minimum atomic E-state index is -0.608. The van der Waals surface area contributed by atoms with Gasteiger partial charge in [-0.15, -0.1) is 0 Å². The van der Waals surface area contributed by atoms with Crippen LogP contribution in [-0.4, -0.2) is 30.1 Å². The van der Waals surface area contributed by atoms with Gasteiger partial charge < -0.3 is 10.1 Å². The highest BCUT2D eigenvalue weighted by Crippen LogP contribution is 2.49. The number of esters is 1. The summed E-state index contributed by atoms with van der Waals surface area (Å²) in [6.45, 7) is 5.03. The summed E-state index contributed by atoms with van der Waals surface area (Å²) in [6.07, 6.45) is 5.26. The quantitative estimate of drug-likeness (QED) is 0.778. The third kappa shape index (κ3) is 5.00. The van der Waals surface area contributed by atoms with Gasteiger partial charge in [0.05, 0.1) is 0 Å². The number of hydrogen-bond acceptors (Lipinski definition) is 4. The minimum Gasteiger partial charge on any atom is -0.456 e. The zero-order chi connectivity index (χ0) is 16.3. The number of hydrogen-bond donors (Lipinski definition) is 2. The Balaban J connectivity index is 1.63. The molecule has 2 fully saturated rings. The van der Waals surface area contributed by atoms with E-state index in [-0.39, 0.29) is 5.97 Å². The third-order valence-corrected chi connectivity index (χ3v) is 4.42. The first-order valence-electron chi connectivity index (χ1n) is 8.00. The fraction of sp³-hybridized carbons (Fsp3) is 0.812. The second-order valence-corrected chi connectivity index (χ2v) is 7.55. The van der Waals surface area contributed by atoms with E-state index >= 15 is 0 Å². The predicted octanol–water partition coefficient (Wildman–Crippen LogP) is 1.98. The highest BCUT2D eigenvalue weighted by Gasteiger charge is 2.40.